The number of hydrogen-bond acceptors (Lipinski definition) is 4. The highest BCUT2D eigenvalue weighted by Crippen LogP contribution is 2.35. The number of ether oxygens (including phenoxy) is 1. The first-order valence-electron chi connectivity index (χ1n) is 9.12. The predicted molar refractivity (Wildman–Crippen MR) is 112 cm³/mol. The van der Waals surface area contributed by atoms with Gasteiger partial charge in [0.2, 0.25) is 0 Å². The standard InChI is InChI=1S/C22H18N4O3/c1-12-11-23-18-10-20(27)17(9-16(12)18)21-24-25-22(28)26(21)19-5-3-4-13-8-14(29-2)6-7-15(13)19/h3-11,23,27H,1-2H3,(H,25,28). The number of phenols is 1. The average molecular weight is 386 g/mol. The topological polar surface area (TPSA) is 95.9 Å². The molecule has 0 aliphatic rings. The number of hydrogen-bond donors (Lipinski definition) is 3. The number of nitrogens with zero attached hydrogens (tertiary/aromatic N) is 2. The Labute approximate surface area is 165 Å². The number of methoxy groups -OCH3 is 1. The second-order valence-corrected chi connectivity index (χ2v) is 6.94. The molecule has 2 aromatic heterocycles. The molecule has 0 aliphatic heterocycles. The van der Waals surface area contributed by atoms with Gasteiger partial charge in [0.1, 0.15) is 11.5 Å². The number of aryl methyl sites for hydroxylation is 1. The molecule has 0 spiro atoms. The summed E-state index contributed by atoms with van der Waals surface area (Å²) in [5.74, 6) is 1.13. The van der Waals surface area contributed by atoms with Gasteiger partial charge in [-0.25, -0.2) is 14.5 Å². The Bertz CT molecular complexity index is 1440. The van der Waals surface area contributed by atoms with Crippen LogP contribution in [0.5, 0.6) is 11.5 Å². The number of fused-ring (bicyclic) bond motifs is 2. The normalized spacial score (nSPS) is 11.4. The van der Waals surface area contributed by atoms with Crippen molar-refractivity contribution in [2.45, 2.75) is 6.92 Å². The summed E-state index contributed by atoms with van der Waals surface area (Å²) in [7, 11) is 1.62. The zero-order valence-corrected chi connectivity index (χ0v) is 15.9. The molecule has 144 valence electrons. The molecule has 7 heteroatoms. The average Bonchev–Trinajstić information content (AvgIpc) is 3.28. The van der Waals surface area contributed by atoms with Gasteiger partial charge < -0.3 is 14.8 Å². The molecular formula is C22H18N4O3. The van der Waals surface area contributed by atoms with E-state index < -0.39 is 0 Å². The molecule has 29 heavy (non-hydrogen) atoms. The van der Waals surface area contributed by atoms with Gasteiger partial charge in [0, 0.05) is 28.6 Å². The molecular weight excluding hydrogens is 368 g/mol. The fraction of sp³-hybridized carbons (Fsp3) is 0.0909. The first kappa shape index (κ1) is 17.1. The van der Waals surface area contributed by atoms with Gasteiger partial charge in [-0.3, -0.25) is 0 Å². The zero-order chi connectivity index (χ0) is 20.1. The Balaban J connectivity index is 1.79. The summed E-state index contributed by atoms with van der Waals surface area (Å²) < 4.78 is 6.79. The molecule has 3 N–H and O–H groups in total. The van der Waals surface area contributed by atoms with Crippen LogP contribution < -0.4 is 10.4 Å². The molecule has 3 aromatic carbocycles. The SMILES string of the molecule is COc1ccc2c(-n3c(-c4cc5c(C)c[nH]c5cc4O)n[nH]c3=O)cccc2c1. The zero-order valence-electron chi connectivity index (χ0n) is 15.9. The Kier molecular flexibility index (Phi) is 3.70. The van der Waals surface area contributed by atoms with Crippen molar-refractivity contribution in [3.05, 3.63) is 70.8 Å². The number of rotatable bonds is 3. The Hall–Kier alpha value is -4.00. The molecule has 0 radical (unpaired) electrons. The van der Waals surface area contributed by atoms with Crippen molar-refractivity contribution in [2.75, 3.05) is 7.11 Å². The van der Waals surface area contributed by atoms with E-state index in [-0.39, 0.29) is 11.4 Å². The Morgan fingerprint density at radius 1 is 1.10 bits per heavy atom. The van der Waals surface area contributed by atoms with Crippen molar-refractivity contribution in [3.63, 3.8) is 0 Å². The van der Waals surface area contributed by atoms with Crippen molar-refractivity contribution < 1.29 is 9.84 Å². The van der Waals surface area contributed by atoms with Crippen LogP contribution in [0.15, 0.2) is 59.5 Å². The first-order valence-corrected chi connectivity index (χ1v) is 9.12. The van der Waals surface area contributed by atoms with Gasteiger partial charge in [-0.2, -0.15) is 5.10 Å². The van der Waals surface area contributed by atoms with E-state index in [4.69, 9.17) is 4.74 Å². The van der Waals surface area contributed by atoms with E-state index in [0.717, 1.165) is 33.0 Å². The number of aromatic hydroxyl groups is 1. The molecule has 5 rings (SSSR count). The number of benzene rings is 3. The molecule has 0 aliphatic carbocycles. The molecule has 0 atom stereocenters. The molecule has 5 aromatic rings. The summed E-state index contributed by atoms with van der Waals surface area (Å²) in [6.45, 7) is 1.98. The van der Waals surface area contributed by atoms with E-state index in [1.54, 1.807) is 13.2 Å². The van der Waals surface area contributed by atoms with Gasteiger partial charge in [-0.1, -0.05) is 12.1 Å². The second kappa shape index (κ2) is 6.27. The molecule has 0 fully saturated rings. The maximum Gasteiger partial charge on any atom is 0.348 e. The summed E-state index contributed by atoms with van der Waals surface area (Å²) in [5.41, 5.74) is 2.63. The minimum absolute atomic E-state index is 0.0431. The largest absolute Gasteiger partial charge is 0.507 e. The summed E-state index contributed by atoms with van der Waals surface area (Å²) in [4.78, 5) is 15.8. The Morgan fingerprint density at radius 3 is 2.79 bits per heavy atom. The number of H-pyrrole nitrogens is 2. The third kappa shape index (κ3) is 2.59. The van der Waals surface area contributed by atoms with Crippen molar-refractivity contribution >= 4 is 21.7 Å². The lowest BCUT2D eigenvalue weighted by Crippen LogP contribution is -2.16. The third-order valence-corrected chi connectivity index (χ3v) is 5.22. The lowest BCUT2D eigenvalue weighted by Gasteiger charge is -2.11. The molecule has 2 heterocycles. The molecule has 0 amide bonds. The highest BCUT2D eigenvalue weighted by Gasteiger charge is 2.19. The van der Waals surface area contributed by atoms with E-state index in [0.29, 0.717) is 17.1 Å². The first-order chi connectivity index (χ1) is 14.1. The van der Waals surface area contributed by atoms with Gasteiger partial charge >= 0.3 is 5.69 Å². The number of nitrogens with one attached hydrogen (secondary N) is 2. The van der Waals surface area contributed by atoms with Gasteiger partial charge in [0.15, 0.2) is 5.82 Å². The van der Waals surface area contributed by atoms with Crippen molar-refractivity contribution in [1.29, 1.82) is 0 Å². The van der Waals surface area contributed by atoms with Crippen LogP contribution in [0.4, 0.5) is 0 Å². The van der Waals surface area contributed by atoms with Gasteiger partial charge in [0.05, 0.1) is 18.4 Å². The lowest BCUT2D eigenvalue weighted by molar-refractivity contribution is 0.415. The summed E-state index contributed by atoms with van der Waals surface area (Å²) in [6.07, 6.45) is 1.88. The quantitative estimate of drug-likeness (QED) is 0.438. The summed E-state index contributed by atoms with van der Waals surface area (Å²) in [6, 6.07) is 14.8. The van der Waals surface area contributed by atoms with Crippen molar-refractivity contribution in [2.24, 2.45) is 0 Å². The van der Waals surface area contributed by atoms with Crippen LogP contribution in [0.2, 0.25) is 0 Å². The fourth-order valence-corrected chi connectivity index (χ4v) is 3.74. The van der Waals surface area contributed by atoms with Crippen molar-refractivity contribution in [1.82, 2.24) is 19.7 Å². The van der Waals surface area contributed by atoms with Crippen LogP contribution in [0, 0.1) is 6.92 Å². The van der Waals surface area contributed by atoms with E-state index in [2.05, 4.69) is 15.2 Å². The highest BCUT2D eigenvalue weighted by atomic mass is 16.5. The lowest BCUT2D eigenvalue weighted by atomic mass is 10.1. The Morgan fingerprint density at radius 2 is 1.97 bits per heavy atom. The van der Waals surface area contributed by atoms with E-state index >= 15 is 0 Å². The number of aromatic amines is 2. The van der Waals surface area contributed by atoms with Crippen LogP contribution in [-0.2, 0) is 0 Å². The van der Waals surface area contributed by atoms with E-state index in [1.807, 2.05) is 55.6 Å². The monoisotopic (exact) mass is 386 g/mol. The fourth-order valence-electron chi connectivity index (χ4n) is 3.74. The molecule has 0 saturated carbocycles. The molecule has 0 saturated heterocycles. The van der Waals surface area contributed by atoms with Crippen LogP contribution >= 0.6 is 0 Å². The van der Waals surface area contributed by atoms with Gasteiger partial charge in [-0.05, 0) is 48.2 Å². The number of phenolic OH excluding ortho intramolecular Hbond substituents is 1. The van der Waals surface area contributed by atoms with E-state index in [9.17, 15) is 9.90 Å². The van der Waals surface area contributed by atoms with Crippen LogP contribution in [0.25, 0.3) is 38.8 Å². The minimum Gasteiger partial charge on any atom is -0.507 e. The molecule has 0 bridgehead atoms. The second-order valence-electron chi connectivity index (χ2n) is 6.94. The minimum atomic E-state index is -0.381. The van der Waals surface area contributed by atoms with Crippen LogP contribution in [0.1, 0.15) is 5.56 Å². The van der Waals surface area contributed by atoms with Crippen LogP contribution in [-0.4, -0.2) is 32.0 Å². The van der Waals surface area contributed by atoms with Crippen molar-refractivity contribution in [3.8, 4) is 28.6 Å². The molecule has 0 unspecified atom stereocenters. The van der Waals surface area contributed by atoms with Gasteiger partial charge in [-0.15, -0.1) is 0 Å². The van der Waals surface area contributed by atoms with Crippen LogP contribution in [0.3, 0.4) is 0 Å². The van der Waals surface area contributed by atoms with Gasteiger partial charge in [0.25, 0.3) is 0 Å². The third-order valence-electron chi connectivity index (χ3n) is 5.22. The maximum atomic E-state index is 12.7. The highest BCUT2D eigenvalue weighted by molar-refractivity contribution is 5.93. The predicted octanol–water partition coefficient (Wildman–Crippen LogP) is 3.88. The summed E-state index contributed by atoms with van der Waals surface area (Å²) in [5, 5.41) is 20.1. The molecule has 7 nitrogen and oxygen atoms in total. The van der Waals surface area contributed by atoms with E-state index in [1.165, 1.54) is 4.57 Å². The smallest absolute Gasteiger partial charge is 0.348 e. The number of aromatic nitrogens is 4. The maximum absolute atomic E-state index is 12.7. The summed E-state index contributed by atoms with van der Waals surface area (Å²) >= 11 is 0.